The summed E-state index contributed by atoms with van der Waals surface area (Å²) in [5, 5.41) is 0.580. The lowest BCUT2D eigenvalue weighted by Crippen LogP contribution is -2.26. The summed E-state index contributed by atoms with van der Waals surface area (Å²) in [4.78, 5) is 25.6. The normalized spacial score (nSPS) is 16.6. The van der Waals surface area contributed by atoms with Crippen LogP contribution in [0.5, 0.6) is 5.75 Å². The van der Waals surface area contributed by atoms with Crippen molar-refractivity contribution in [1.82, 2.24) is 19.4 Å². The van der Waals surface area contributed by atoms with Gasteiger partial charge in [-0.05, 0) is 68.9 Å². The molecule has 0 aliphatic carbocycles. The average molecular weight is 412 g/mol. The molecule has 0 bridgehead atoms. The molecule has 156 valence electrons. The van der Waals surface area contributed by atoms with Crippen molar-refractivity contribution < 1.29 is 4.74 Å². The van der Waals surface area contributed by atoms with Gasteiger partial charge in [-0.2, -0.15) is 0 Å². The highest BCUT2D eigenvalue weighted by atomic mass is 16.5. The third-order valence-electron chi connectivity index (χ3n) is 6.03. The monoisotopic (exact) mass is 412 g/mol. The van der Waals surface area contributed by atoms with Crippen LogP contribution in [0.1, 0.15) is 24.4 Å². The molecule has 6 heteroatoms. The van der Waals surface area contributed by atoms with Crippen molar-refractivity contribution in [2.24, 2.45) is 0 Å². The van der Waals surface area contributed by atoms with Gasteiger partial charge in [0.25, 0.3) is 5.56 Å². The van der Waals surface area contributed by atoms with Gasteiger partial charge in [-0.1, -0.05) is 18.2 Å². The van der Waals surface area contributed by atoms with Crippen molar-refractivity contribution >= 4 is 10.9 Å². The van der Waals surface area contributed by atoms with Gasteiger partial charge in [0.1, 0.15) is 17.4 Å². The summed E-state index contributed by atoms with van der Waals surface area (Å²) in [6.07, 6.45) is 3.92. The highest BCUT2D eigenvalue weighted by Crippen LogP contribution is 2.34. The highest BCUT2D eigenvalue weighted by Gasteiger charge is 2.27. The summed E-state index contributed by atoms with van der Waals surface area (Å²) >= 11 is 0. The number of pyridine rings is 1. The average Bonchev–Trinajstić information content (AvgIpc) is 3.25. The Labute approximate surface area is 180 Å². The number of ether oxygens (including phenoxy) is 1. The maximum atomic E-state index is 13.7. The third kappa shape index (κ3) is 3.39. The lowest BCUT2D eigenvalue weighted by molar-refractivity contribution is 0.316. The van der Waals surface area contributed by atoms with E-state index in [1.54, 1.807) is 17.9 Å². The fraction of sp³-hybridized carbons (Fsp3) is 0.240. The van der Waals surface area contributed by atoms with E-state index in [9.17, 15) is 4.79 Å². The molecule has 31 heavy (non-hydrogen) atoms. The Morgan fingerprint density at radius 3 is 2.58 bits per heavy atom. The van der Waals surface area contributed by atoms with E-state index in [4.69, 9.17) is 9.72 Å². The summed E-state index contributed by atoms with van der Waals surface area (Å²) in [5.41, 5.74) is 2.44. The van der Waals surface area contributed by atoms with E-state index >= 15 is 0 Å². The fourth-order valence-corrected chi connectivity index (χ4v) is 4.42. The van der Waals surface area contributed by atoms with Crippen molar-refractivity contribution in [3.63, 3.8) is 0 Å². The predicted octanol–water partition coefficient (Wildman–Crippen LogP) is 4.22. The Bertz CT molecular complexity index is 1300. The van der Waals surface area contributed by atoms with Crippen molar-refractivity contribution in [3.8, 4) is 23.0 Å². The first-order chi connectivity index (χ1) is 15.2. The summed E-state index contributed by atoms with van der Waals surface area (Å²) in [7, 11) is 3.76. The van der Waals surface area contributed by atoms with E-state index in [1.807, 2.05) is 54.6 Å². The number of methoxy groups -OCH3 is 1. The smallest absolute Gasteiger partial charge is 0.267 e. The van der Waals surface area contributed by atoms with Crippen molar-refractivity contribution in [1.29, 1.82) is 0 Å². The summed E-state index contributed by atoms with van der Waals surface area (Å²) in [6.45, 7) is 1.04. The summed E-state index contributed by atoms with van der Waals surface area (Å²) in [6, 6.07) is 19.3. The first kappa shape index (κ1) is 19.5. The molecule has 3 heterocycles. The number of hydrogen-bond acceptors (Lipinski definition) is 5. The van der Waals surface area contributed by atoms with Gasteiger partial charge in [0, 0.05) is 23.4 Å². The molecule has 4 aromatic rings. The van der Waals surface area contributed by atoms with Crippen LogP contribution in [0.2, 0.25) is 0 Å². The molecule has 0 N–H and O–H groups in total. The topological polar surface area (TPSA) is 60.2 Å². The molecule has 1 atom stereocenters. The first-order valence-electron chi connectivity index (χ1n) is 10.5. The maximum Gasteiger partial charge on any atom is 0.267 e. The fourth-order valence-electron chi connectivity index (χ4n) is 4.42. The van der Waals surface area contributed by atoms with Gasteiger partial charge in [-0.25, -0.2) is 14.5 Å². The Kier molecular flexibility index (Phi) is 5.00. The number of hydrogen-bond donors (Lipinski definition) is 0. The summed E-state index contributed by atoms with van der Waals surface area (Å²) in [5.74, 6) is 1.98. The molecule has 0 unspecified atom stereocenters. The van der Waals surface area contributed by atoms with Crippen molar-refractivity contribution in [3.05, 3.63) is 82.8 Å². The Balaban J connectivity index is 1.81. The second-order valence-corrected chi connectivity index (χ2v) is 7.88. The number of nitrogens with zero attached hydrogens (tertiary/aromatic N) is 4. The minimum atomic E-state index is -0.114. The third-order valence-corrected chi connectivity index (χ3v) is 6.03. The zero-order valence-electron chi connectivity index (χ0n) is 17.7. The van der Waals surface area contributed by atoms with Gasteiger partial charge >= 0.3 is 0 Å². The van der Waals surface area contributed by atoms with Crippen LogP contribution >= 0.6 is 0 Å². The number of aromatic nitrogens is 3. The van der Waals surface area contributed by atoms with Crippen LogP contribution in [0.3, 0.4) is 0 Å². The summed E-state index contributed by atoms with van der Waals surface area (Å²) < 4.78 is 6.98. The molecular formula is C25H24N4O2. The van der Waals surface area contributed by atoms with Gasteiger partial charge in [0.05, 0.1) is 18.0 Å². The van der Waals surface area contributed by atoms with Crippen LogP contribution in [0.15, 0.2) is 71.7 Å². The SMILES string of the molecule is COc1ccc(-c2nc3ccccc3c(=O)n2-c2ncccc2[C@@H]2CCCN2C)cc1. The molecule has 2 aromatic heterocycles. The highest BCUT2D eigenvalue weighted by molar-refractivity contribution is 5.80. The number of fused-ring (bicyclic) bond motifs is 1. The Morgan fingerprint density at radius 1 is 1.03 bits per heavy atom. The zero-order valence-corrected chi connectivity index (χ0v) is 17.7. The predicted molar refractivity (Wildman–Crippen MR) is 122 cm³/mol. The molecule has 0 amide bonds. The molecule has 2 aromatic carbocycles. The molecule has 1 saturated heterocycles. The number of benzene rings is 2. The standard InChI is InChI=1S/C25H24N4O2/c1-28-16-6-10-22(28)20-8-5-15-26-24(20)29-23(17-11-13-18(31-2)14-12-17)27-21-9-4-3-7-19(21)25(29)30/h3-5,7-9,11-15,22H,6,10,16H2,1-2H3/t22-/m0/s1. The molecule has 1 fully saturated rings. The van der Waals surface area contributed by atoms with Crippen LogP contribution in [-0.2, 0) is 0 Å². The van der Waals surface area contributed by atoms with Gasteiger partial charge in [0.2, 0.25) is 0 Å². The molecule has 1 aliphatic heterocycles. The number of likely N-dealkylation sites (tertiary alicyclic amines) is 1. The van der Waals surface area contributed by atoms with E-state index in [0.29, 0.717) is 22.5 Å². The van der Waals surface area contributed by atoms with Crippen molar-refractivity contribution in [2.45, 2.75) is 18.9 Å². The second-order valence-electron chi connectivity index (χ2n) is 7.88. The van der Waals surface area contributed by atoms with Crippen LogP contribution in [0, 0.1) is 0 Å². The van der Waals surface area contributed by atoms with E-state index in [2.05, 4.69) is 23.0 Å². The van der Waals surface area contributed by atoms with Crippen LogP contribution in [-0.4, -0.2) is 40.1 Å². The maximum absolute atomic E-state index is 13.7. The molecule has 0 radical (unpaired) electrons. The van der Waals surface area contributed by atoms with Crippen LogP contribution < -0.4 is 10.3 Å². The molecular weight excluding hydrogens is 388 g/mol. The van der Waals surface area contributed by atoms with Gasteiger partial charge in [-0.3, -0.25) is 9.69 Å². The number of para-hydroxylation sites is 1. The van der Waals surface area contributed by atoms with Crippen LogP contribution in [0.25, 0.3) is 28.1 Å². The van der Waals surface area contributed by atoms with Crippen molar-refractivity contribution in [2.75, 3.05) is 20.7 Å². The second kappa shape index (κ2) is 7.96. The largest absolute Gasteiger partial charge is 0.497 e. The Hall–Kier alpha value is -3.51. The Morgan fingerprint density at radius 2 is 1.84 bits per heavy atom. The van der Waals surface area contributed by atoms with E-state index in [-0.39, 0.29) is 11.6 Å². The lowest BCUT2D eigenvalue weighted by atomic mass is 10.0. The van der Waals surface area contributed by atoms with E-state index < -0.39 is 0 Å². The molecule has 1 aliphatic rings. The van der Waals surface area contributed by atoms with Gasteiger partial charge in [-0.15, -0.1) is 0 Å². The molecule has 0 spiro atoms. The minimum absolute atomic E-state index is 0.114. The van der Waals surface area contributed by atoms with Gasteiger partial charge in [0.15, 0.2) is 0 Å². The van der Waals surface area contributed by atoms with E-state index in [1.165, 1.54) is 0 Å². The number of rotatable bonds is 4. The zero-order chi connectivity index (χ0) is 21.4. The van der Waals surface area contributed by atoms with E-state index in [0.717, 1.165) is 36.3 Å². The molecule has 6 nitrogen and oxygen atoms in total. The lowest BCUT2D eigenvalue weighted by Gasteiger charge is -2.23. The van der Waals surface area contributed by atoms with Crippen LogP contribution in [0.4, 0.5) is 0 Å². The first-order valence-corrected chi connectivity index (χ1v) is 10.5. The minimum Gasteiger partial charge on any atom is -0.497 e. The molecule has 5 rings (SSSR count). The quantitative estimate of drug-likeness (QED) is 0.502. The molecule has 0 saturated carbocycles. The van der Waals surface area contributed by atoms with Gasteiger partial charge < -0.3 is 4.74 Å².